The predicted octanol–water partition coefficient (Wildman–Crippen LogP) is 0.164. The van der Waals surface area contributed by atoms with Gasteiger partial charge in [0.2, 0.25) is 0 Å². The van der Waals surface area contributed by atoms with Crippen molar-refractivity contribution in [1.29, 1.82) is 0 Å². The molecule has 96 valence electrons. The molecule has 0 radical (unpaired) electrons. The minimum absolute atomic E-state index is 0.0206. The summed E-state index contributed by atoms with van der Waals surface area (Å²) in [7, 11) is 0. The van der Waals surface area contributed by atoms with Crippen LogP contribution in [-0.4, -0.2) is 36.6 Å². The van der Waals surface area contributed by atoms with Gasteiger partial charge in [-0.25, -0.2) is 5.43 Å². The van der Waals surface area contributed by atoms with Crippen LogP contribution >= 0.6 is 0 Å². The van der Waals surface area contributed by atoms with E-state index in [0.717, 1.165) is 12.1 Å². The summed E-state index contributed by atoms with van der Waals surface area (Å²) >= 11 is 0. The average molecular weight is 246 g/mol. The minimum atomic E-state index is -0.0569. The average Bonchev–Trinajstić information content (AvgIpc) is 2.46. The molecule has 5 nitrogen and oxygen atoms in total. The van der Waals surface area contributed by atoms with E-state index in [1.807, 2.05) is 24.3 Å². The fourth-order valence-electron chi connectivity index (χ4n) is 2.09. The lowest BCUT2D eigenvalue weighted by molar-refractivity contribution is 0.0688. The van der Waals surface area contributed by atoms with Crippen LogP contribution in [0.25, 0.3) is 6.08 Å². The van der Waals surface area contributed by atoms with Gasteiger partial charge in [-0.05, 0) is 11.6 Å². The first-order chi connectivity index (χ1) is 8.76. The molecule has 1 saturated heterocycles. The van der Waals surface area contributed by atoms with Crippen LogP contribution in [0.5, 0.6) is 0 Å². The van der Waals surface area contributed by atoms with E-state index in [0.29, 0.717) is 18.7 Å². The van der Waals surface area contributed by atoms with E-state index >= 15 is 0 Å². The van der Waals surface area contributed by atoms with E-state index in [4.69, 9.17) is 5.84 Å². The second kappa shape index (κ2) is 5.77. The van der Waals surface area contributed by atoms with Gasteiger partial charge in [0, 0.05) is 18.7 Å². The predicted molar refractivity (Wildman–Crippen MR) is 71.6 cm³/mol. The fraction of sp³-hybridized carbons (Fsp3) is 0.308. The Morgan fingerprint density at radius 2 is 2.33 bits per heavy atom. The Balaban J connectivity index is 2.17. The number of nitrogens with two attached hydrogens (primary N) is 1. The molecule has 1 amide bonds. The molecule has 4 N–H and O–H groups in total. The summed E-state index contributed by atoms with van der Waals surface area (Å²) in [5.74, 6) is 5.41. The summed E-state index contributed by atoms with van der Waals surface area (Å²) in [4.78, 5) is 14.2. The molecule has 1 aliphatic heterocycles. The maximum Gasteiger partial charge on any atom is 0.254 e. The Labute approximate surface area is 107 Å². The third kappa shape index (κ3) is 2.59. The Morgan fingerprint density at radius 3 is 3.06 bits per heavy atom. The number of piperazine rings is 1. The topological polar surface area (TPSA) is 70.4 Å². The normalized spacial score (nSPS) is 19.6. The quantitative estimate of drug-likeness (QED) is 0.525. The van der Waals surface area contributed by atoms with Crippen LogP contribution in [0.4, 0.5) is 0 Å². The van der Waals surface area contributed by atoms with E-state index in [9.17, 15) is 4.79 Å². The van der Waals surface area contributed by atoms with Crippen molar-refractivity contribution in [3.8, 4) is 0 Å². The van der Waals surface area contributed by atoms with Crippen LogP contribution in [0.2, 0.25) is 0 Å². The van der Waals surface area contributed by atoms with E-state index in [1.54, 1.807) is 11.0 Å². The molecule has 1 aromatic rings. The number of carbonyl (C=O) groups is 1. The second-order valence-corrected chi connectivity index (χ2v) is 4.22. The molecule has 1 unspecified atom stereocenters. The number of carbonyl (C=O) groups excluding carboxylic acids is 1. The summed E-state index contributed by atoms with van der Waals surface area (Å²) in [5.41, 5.74) is 4.19. The Bertz CT molecular complexity index is 446. The van der Waals surface area contributed by atoms with Crippen LogP contribution in [0.15, 0.2) is 30.8 Å². The summed E-state index contributed by atoms with van der Waals surface area (Å²) in [6.07, 6.45) is 1.65. The van der Waals surface area contributed by atoms with Gasteiger partial charge >= 0.3 is 0 Å². The van der Waals surface area contributed by atoms with Gasteiger partial charge in [-0.15, -0.1) is 0 Å². The molecule has 1 aromatic carbocycles. The highest BCUT2D eigenvalue weighted by atomic mass is 16.2. The number of hydrazine groups is 1. The molecule has 18 heavy (non-hydrogen) atoms. The highest BCUT2D eigenvalue weighted by Crippen LogP contribution is 2.13. The number of hydrogen-bond acceptors (Lipinski definition) is 4. The molecule has 1 fully saturated rings. The van der Waals surface area contributed by atoms with Crippen molar-refractivity contribution in [2.45, 2.75) is 6.17 Å². The van der Waals surface area contributed by atoms with E-state index in [1.165, 1.54) is 0 Å². The number of hydrogen-bond donors (Lipinski definition) is 3. The van der Waals surface area contributed by atoms with E-state index < -0.39 is 0 Å². The van der Waals surface area contributed by atoms with Gasteiger partial charge in [-0.2, -0.15) is 0 Å². The minimum Gasteiger partial charge on any atom is -0.334 e. The Morgan fingerprint density at radius 1 is 1.56 bits per heavy atom. The van der Waals surface area contributed by atoms with Gasteiger partial charge in [-0.3, -0.25) is 16.0 Å². The molecule has 0 spiro atoms. The van der Waals surface area contributed by atoms with Gasteiger partial charge < -0.3 is 4.90 Å². The zero-order valence-electron chi connectivity index (χ0n) is 10.2. The lowest BCUT2D eigenvalue weighted by atomic mass is 10.1. The monoisotopic (exact) mass is 246 g/mol. The number of nitrogens with zero attached hydrogens (tertiary/aromatic N) is 1. The molecule has 5 heteroatoms. The third-order valence-electron chi connectivity index (χ3n) is 3.07. The smallest absolute Gasteiger partial charge is 0.254 e. The van der Waals surface area contributed by atoms with Crippen molar-refractivity contribution in [3.05, 3.63) is 42.0 Å². The lowest BCUT2D eigenvalue weighted by Crippen LogP contribution is -2.60. The second-order valence-electron chi connectivity index (χ2n) is 4.22. The van der Waals surface area contributed by atoms with Crippen LogP contribution < -0.4 is 16.6 Å². The number of nitrogens with one attached hydrogen (secondary N) is 2. The zero-order valence-corrected chi connectivity index (χ0v) is 10.2. The molecule has 0 aliphatic carbocycles. The SMILES string of the molecule is C=Cc1ccccc1C(=O)N1CCNC(NN)C1. The van der Waals surface area contributed by atoms with Gasteiger partial charge in [-0.1, -0.05) is 30.9 Å². The molecular formula is C13H18N4O. The number of benzene rings is 1. The van der Waals surface area contributed by atoms with Crippen LogP contribution in [0, 0.1) is 0 Å². The van der Waals surface area contributed by atoms with Crippen molar-refractivity contribution in [3.63, 3.8) is 0 Å². The summed E-state index contributed by atoms with van der Waals surface area (Å²) in [5, 5.41) is 3.18. The maximum absolute atomic E-state index is 12.4. The molecular weight excluding hydrogens is 228 g/mol. The molecule has 0 bridgehead atoms. The maximum atomic E-state index is 12.4. The Kier molecular flexibility index (Phi) is 4.09. The van der Waals surface area contributed by atoms with Crippen molar-refractivity contribution in [2.24, 2.45) is 5.84 Å². The molecule has 2 rings (SSSR count). The zero-order chi connectivity index (χ0) is 13.0. The van der Waals surface area contributed by atoms with E-state index in [-0.39, 0.29) is 12.1 Å². The van der Waals surface area contributed by atoms with Gasteiger partial charge in [0.25, 0.3) is 5.91 Å². The standard InChI is InChI=1S/C13H18N4O/c1-2-10-5-3-4-6-11(10)13(18)17-8-7-15-12(9-17)16-14/h2-6,12,15-16H,1,7-9,14H2. The first-order valence-electron chi connectivity index (χ1n) is 5.96. The molecule has 0 aromatic heterocycles. The van der Waals surface area contributed by atoms with E-state index in [2.05, 4.69) is 17.3 Å². The highest BCUT2D eigenvalue weighted by Gasteiger charge is 2.24. The number of rotatable bonds is 3. The van der Waals surface area contributed by atoms with Crippen molar-refractivity contribution < 1.29 is 4.79 Å². The summed E-state index contributed by atoms with van der Waals surface area (Å²) in [6.45, 7) is 5.71. The first-order valence-corrected chi connectivity index (χ1v) is 5.96. The van der Waals surface area contributed by atoms with Gasteiger partial charge in [0.05, 0.1) is 12.7 Å². The molecule has 1 atom stereocenters. The summed E-state index contributed by atoms with van der Waals surface area (Å²) < 4.78 is 0. The molecule has 0 saturated carbocycles. The third-order valence-corrected chi connectivity index (χ3v) is 3.07. The van der Waals surface area contributed by atoms with Crippen LogP contribution in [-0.2, 0) is 0 Å². The van der Waals surface area contributed by atoms with Gasteiger partial charge in [0.1, 0.15) is 0 Å². The Hall–Kier alpha value is -1.69. The first kappa shape index (κ1) is 12.8. The lowest BCUT2D eigenvalue weighted by Gasteiger charge is -2.33. The van der Waals surface area contributed by atoms with Crippen molar-refractivity contribution >= 4 is 12.0 Å². The van der Waals surface area contributed by atoms with Crippen molar-refractivity contribution in [2.75, 3.05) is 19.6 Å². The number of amides is 1. The summed E-state index contributed by atoms with van der Waals surface area (Å²) in [6, 6.07) is 7.48. The fourth-order valence-corrected chi connectivity index (χ4v) is 2.09. The van der Waals surface area contributed by atoms with Crippen molar-refractivity contribution in [1.82, 2.24) is 15.6 Å². The van der Waals surface area contributed by atoms with Gasteiger partial charge in [0.15, 0.2) is 0 Å². The van der Waals surface area contributed by atoms with Crippen LogP contribution in [0.3, 0.4) is 0 Å². The van der Waals surface area contributed by atoms with Crippen LogP contribution in [0.1, 0.15) is 15.9 Å². The molecule has 1 aliphatic rings. The molecule has 1 heterocycles. The largest absolute Gasteiger partial charge is 0.334 e. The highest BCUT2D eigenvalue weighted by molar-refractivity contribution is 5.97.